The van der Waals surface area contributed by atoms with Crippen LogP contribution < -0.4 is 9.47 Å². The maximum atomic E-state index is 12.6. The van der Waals surface area contributed by atoms with E-state index < -0.39 is 5.97 Å². The van der Waals surface area contributed by atoms with E-state index in [1.54, 1.807) is 18.2 Å². The predicted molar refractivity (Wildman–Crippen MR) is 124 cm³/mol. The minimum atomic E-state index is -0.404. The number of unbranched alkanes of at least 4 members (excludes halogenated alkanes) is 1. The van der Waals surface area contributed by atoms with Crippen LogP contribution in [0.15, 0.2) is 72.8 Å². The van der Waals surface area contributed by atoms with Crippen molar-refractivity contribution in [2.24, 2.45) is 0 Å². The zero-order chi connectivity index (χ0) is 22.1. The van der Waals surface area contributed by atoms with E-state index in [0.29, 0.717) is 30.3 Å². The zero-order valence-corrected chi connectivity index (χ0v) is 18.5. The average Bonchev–Trinajstić information content (AvgIpc) is 2.81. The molecule has 1 atom stereocenters. The Kier molecular flexibility index (Phi) is 8.25. The Morgan fingerprint density at radius 1 is 0.839 bits per heavy atom. The topological polar surface area (TPSA) is 44.8 Å². The summed E-state index contributed by atoms with van der Waals surface area (Å²) in [4.78, 5) is 12.6. The summed E-state index contributed by atoms with van der Waals surface area (Å²) < 4.78 is 17.0. The van der Waals surface area contributed by atoms with Gasteiger partial charge in [-0.3, -0.25) is 0 Å². The Morgan fingerprint density at radius 3 is 2.06 bits per heavy atom. The van der Waals surface area contributed by atoms with Crippen LogP contribution in [0.1, 0.15) is 55.6 Å². The molecule has 0 aliphatic carbocycles. The number of ether oxygens (including phenoxy) is 3. The summed E-state index contributed by atoms with van der Waals surface area (Å²) in [6.45, 7) is 7.44. The van der Waals surface area contributed by atoms with Gasteiger partial charge in [-0.2, -0.15) is 0 Å². The first kappa shape index (κ1) is 22.6. The standard InChI is InChI=1S/C27H30O4/c1-4-6-19-30-25-9-7-8-10-26(25)31-27(28)24-17-15-23(16-18-24)22-13-11-21(12-14-22)20(3)29-5-2/h7-18,20H,4-6,19H2,1-3H3. The van der Waals surface area contributed by atoms with Crippen molar-refractivity contribution >= 4 is 5.97 Å². The van der Waals surface area contributed by atoms with Gasteiger partial charge >= 0.3 is 5.97 Å². The summed E-state index contributed by atoms with van der Waals surface area (Å²) >= 11 is 0. The number of hydrogen-bond donors (Lipinski definition) is 0. The molecule has 0 spiro atoms. The molecule has 31 heavy (non-hydrogen) atoms. The lowest BCUT2D eigenvalue weighted by molar-refractivity contribution is 0.0727. The summed E-state index contributed by atoms with van der Waals surface area (Å²) in [7, 11) is 0. The monoisotopic (exact) mass is 418 g/mol. The molecule has 162 valence electrons. The van der Waals surface area contributed by atoms with Crippen molar-refractivity contribution in [3.63, 3.8) is 0 Å². The maximum Gasteiger partial charge on any atom is 0.343 e. The molecular formula is C27H30O4. The first-order chi connectivity index (χ1) is 15.1. The molecule has 0 fully saturated rings. The highest BCUT2D eigenvalue weighted by Crippen LogP contribution is 2.28. The Morgan fingerprint density at radius 2 is 1.45 bits per heavy atom. The molecule has 0 heterocycles. The van der Waals surface area contributed by atoms with Crippen LogP contribution in [0, 0.1) is 0 Å². The lowest BCUT2D eigenvalue weighted by atomic mass is 10.0. The molecule has 0 aliphatic heterocycles. The smallest absolute Gasteiger partial charge is 0.343 e. The predicted octanol–water partition coefficient (Wildman–Crippen LogP) is 6.85. The van der Waals surface area contributed by atoms with Crippen molar-refractivity contribution in [3.05, 3.63) is 83.9 Å². The van der Waals surface area contributed by atoms with E-state index in [2.05, 4.69) is 31.2 Å². The highest BCUT2D eigenvalue weighted by molar-refractivity contribution is 5.92. The van der Waals surface area contributed by atoms with Crippen molar-refractivity contribution < 1.29 is 19.0 Å². The Bertz CT molecular complexity index is 961. The molecule has 0 aromatic heterocycles. The Hall–Kier alpha value is -3.11. The molecule has 0 radical (unpaired) electrons. The summed E-state index contributed by atoms with van der Waals surface area (Å²) in [6.07, 6.45) is 2.07. The minimum absolute atomic E-state index is 0.0741. The fraction of sp³-hybridized carbons (Fsp3) is 0.296. The number of rotatable bonds is 10. The molecule has 3 rings (SSSR count). The fourth-order valence-electron chi connectivity index (χ4n) is 3.23. The first-order valence-electron chi connectivity index (χ1n) is 10.9. The SMILES string of the molecule is CCCCOc1ccccc1OC(=O)c1ccc(-c2ccc(C(C)OCC)cc2)cc1. The van der Waals surface area contributed by atoms with Crippen LogP contribution in [-0.4, -0.2) is 19.2 Å². The lowest BCUT2D eigenvalue weighted by Gasteiger charge is -2.13. The van der Waals surface area contributed by atoms with Gasteiger partial charge in [0.15, 0.2) is 11.5 Å². The molecular weight excluding hydrogens is 388 g/mol. The second-order valence-electron chi connectivity index (χ2n) is 7.34. The van der Waals surface area contributed by atoms with E-state index in [0.717, 1.165) is 29.5 Å². The third-order valence-corrected chi connectivity index (χ3v) is 5.06. The number of hydrogen-bond acceptors (Lipinski definition) is 4. The molecule has 0 N–H and O–H groups in total. The summed E-state index contributed by atoms with van der Waals surface area (Å²) in [5.74, 6) is 0.618. The molecule has 0 aliphatic rings. The highest BCUT2D eigenvalue weighted by Gasteiger charge is 2.13. The van der Waals surface area contributed by atoms with Crippen LogP contribution in [0.25, 0.3) is 11.1 Å². The summed E-state index contributed by atoms with van der Waals surface area (Å²) in [6, 6.07) is 23.0. The highest BCUT2D eigenvalue weighted by atomic mass is 16.6. The zero-order valence-electron chi connectivity index (χ0n) is 18.5. The molecule has 0 amide bonds. The van der Waals surface area contributed by atoms with Gasteiger partial charge < -0.3 is 14.2 Å². The number of para-hydroxylation sites is 2. The van der Waals surface area contributed by atoms with E-state index in [1.807, 2.05) is 44.2 Å². The molecule has 4 nitrogen and oxygen atoms in total. The van der Waals surface area contributed by atoms with Crippen LogP contribution in [0.2, 0.25) is 0 Å². The fourth-order valence-corrected chi connectivity index (χ4v) is 3.23. The van der Waals surface area contributed by atoms with E-state index in [9.17, 15) is 4.79 Å². The normalized spacial score (nSPS) is 11.7. The van der Waals surface area contributed by atoms with Gasteiger partial charge in [0.1, 0.15) is 0 Å². The summed E-state index contributed by atoms with van der Waals surface area (Å²) in [5.41, 5.74) is 3.76. The summed E-state index contributed by atoms with van der Waals surface area (Å²) in [5, 5.41) is 0. The van der Waals surface area contributed by atoms with Crippen molar-refractivity contribution in [2.45, 2.75) is 39.7 Å². The number of benzene rings is 3. The van der Waals surface area contributed by atoms with Gasteiger partial charge in [-0.1, -0.05) is 61.9 Å². The number of carbonyl (C=O) groups excluding carboxylic acids is 1. The van der Waals surface area contributed by atoms with Crippen LogP contribution >= 0.6 is 0 Å². The first-order valence-corrected chi connectivity index (χ1v) is 10.9. The van der Waals surface area contributed by atoms with Gasteiger partial charge in [-0.25, -0.2) is 4.79 Å². The number of esters is 1. The minimum Gasteiger partial charge on any atom is -0.490 e. The van der Waals surface area contributed by atoms with E-state index in [-0.39, 0.29) is 6.10 Å². The van der Waals surface area contributed by atoms with Gasteiger partial charge in [0, 0.05) is 6.61 Å². The van der Waals surface area contributed by atoms with Crippen LogP contribution in [-0.2, 0) is 4.74 Å². The van der Waals surface area contributed by atoms with Gasteiger partial charge in [-0.05, 0) is 61.2 Å². The van der Waals surface area contributed by atoms with E-state index >= 15 is 0 Å². The Balaban J connectivity index is 1.67. The van der Waals surface area contributed by atoms with Crippen molar-refractivity contribution in [3.8, 4) is 22.6 Å². The van der Waals surface area contributed by atoms with Gasteiger partial charge in [0.05, 0.1) is 18.3 Å². The molecule has 0 saturated heterocycles. The molecule has 0 bridgehead atoms. The van der Waals surface area contributed by atoms with E-state index in [1.165, 1.54) is 0 Å². The van der Waals surface area contributed by atoms with Crippen LogP contribution in [0.3, 0.4) is 0 Å². The van der Waals surface area contributed by atoms with E-state index in [4.69, 9.17) is 14.2 Å². The van der Waals surface area contributed by atoms with Crippen molar-refractivity contribution in [1.82, 2.24) is 0 Å². The van der Waals surface area contributed by atoms with Crippen LogP contribution in [0.5, 0.6) is 11.5 Å². The van der Waals surface area contributed by atoms with Gasteiger partial charge in [0.25, 0.3) is 0 Å². The molecule has 0 saturated carbocycles. The average molecular weight is 419 g/mol. The Labute approximate surface area is 184 Å². The third-order valence-electron chi connectivity index (χ3n) is 5.06. The molecule has 4 heteroatoms. The van der Waals surface area contributed by atoms with Crippen molar-refractivity contribution in [2.75, 3.05) is 13.2 Å². The van der Waals surface area contributed by atoms with Gasteiger partial charge in [0.2, 0.25) is 0 Å². The molecule has 3 aromatic carbocycles. The molecule has 1 unspecified atom stereocenters. The van der Waals surface area contributed by atoms with Crippen molar-refractivity contribution in [1.29, 1.82) is 0 Å². The lowest BCUT2D eigenvalue weighted by Crippen LogP contribution is -2.09. The van der Waals surface area contributed by atoms with Crippen LogP contribution in [0.4, 0.5) is 0 Å². The molecule has 3 aromatic rings. The maximum absolute atomic E-state index is 12.6. The quantitative estimate of drug-likeness (QED) is 0.205. The second kappa shape index (κ2) is 11.3. The van der Waals surface area contributed by atoms with Gasteiger partial charge in [-0.15, -0.1) is 0 Å². The number of carbonyl (C=O) groups is 1. The third kappa shape index (κ3) is 6.19. The largest absolute Gasteiger partial charge is 0.490 e. The second-order valence-corrected chi connectivity index (χ2v) is 7.34.